The molecule has 0 aliphatic carbocycles. The van der Waals surface area contributed by atoms with Crippen molar-refractivity contribution in [3.05, 3.63) is 23.8 Å². The highest BCUT2D eigenvalue weighted by atomic mass is 127. The zero-order chi connectivity index (χ0) is 20.6. The van der Waals surface area contributed by atoms with Crippen LogP contribution in [0.25, 0.3) is 0 Å². The molecule has 0 spiro atoms. The maximum atomic E-state index is 5.40. The maximum Gasteiger partial charge on any atom is 0.191 e. The van der Waals surface area contributed by atoms with Crippen LogP contribution in [0.5, 0.6) is 11.5 Å². The topological polar surface area (TPSA) is 61.4 Å². The molecule has 30 heavy (non-hydrogen) atoms. The summed E-state index contributed by atoms with van der Waals surface area (Å²) in [6, 6.07) is 7.13. The summed E-state index contributed by atoms with van der Waals surface area (Å²) >= 11 is 0. The molecule has 2 unspecified atom stereocenters. The number of halogens is 1. The Morgan fingerprint density at radius 3 is 2.50 bits per heavy atom. The number of rotatable bonds is 8. The molecule has 170 valence electrons. The Morgan fingerprint density at radius 2 is 1.87 bits per heavy atom. The fraction of sp³-hybridized carbons (Fsp3) is 0.682. The molecule has 0 aromatic heterocycles. The standard InChI is InChI=1S/C22H37N5O2.HI/c1-5-27-9-6-7-19(27)14-24-22(23-2)25-18-8-10-26(16-18)15-17-11-20(28-3)13-21(12-17)29-4;/h11-13,18-19H,5-10,14-16H2,1-4H3,(H2,23,24,25);1H. The van der Waals surface area contributed by atoms with Gasteiger partial charge in [-0.15, -0.1) is 24.0 Å². The Labute approximate surface area is 198 Å². The average molecular weight is 531 g/mol. The lowest BCUT2D eigenvalue weighted by molar-refractivity contribution is 0.266. The molecule has 0 radical (unpaired) electrons. The smallest absolute Gasteiger partial charge is 0.191 e. The van der Waals surface area contributed by atoms with Crippen molar-refractivity contribution in [2.24, 2.45) is 4.99 Å². The first-order valence-electron chi connectivity index (χ1n) is 10.8. The van der Waals surface area contributed by atoms with Crippen LogP contribution >= 0.6 is 24.0 Å². The van der Waals surface area contributed by atoms with Gasteiger partial charge in [-0.3, -0.25) is 14.8 Å². The molecule has 0 amide bonds. The number of guanidine groups is 1. The first-order chi connectivity index (χ1) is 14.1. The predicted octanol–water partition coefficient (Wildman–Crippen LogP) is 2.55. The second-order valence-corrected chi connectivity index (χ2v) is 7.96. The van der Waals surface area contributed by atoms with Crippen molar-refractivity contribution < 1.29 is 9.47 Å². The number of aliphatic imine (C=N–C) groups is 1. The summed E-state index contributed by atoms with van der Waals surface area (Å²) < 4.78 is 10.8. The van der Waals surface area contributed by atoms with Crippen molar-refractivity contribution in [1.82, 2.24) is 20.4 Å². The van der Waals surface area contributed by atoms with E-state index in [0.717, 1.165) is 56.6 Å². The summed E-state index contributed by atoms with van der Waals surface area (Å²) in [5.41, 5.74) is 1.21. The number of hydrogen-bond acceptors (Lipinski definition) is 5. The van der Waals surface area contributed by atoms with Crippen molar-refractivity contribution >= 4 is 29.9 Å². The van der Waals surface area contributed by atoms with Crippen LogP contribution in [0.3, 0.4) is 0 Å². The first-order valence-corrected chi connectivity index (χ1v) is 10.8. The minimum absolute atomic E-state index is 0. The summed E-state index contributed by atoms with van der Waals surface area (Å²) in [4.78, 5) is 9.46. The van der Waals surface area contributed by atoms with Crippen molar-refractivity contribution in [2.45, 2.75) is 44.8 Å². The van der Waals surface area contributed by atoms with Gasteiger partial charge in [0.25, 0.3) is 0 Å². The predicted molar refractivity (Wildman–Crippen MR) is 133 cm³/mol. The lowest BCUT2D eigenvalue weighted by Gasteiger charge is -2.25. The third-order valence-corrected chi connectivity index (χ3v) is 6.06. The van der Waals surface area contributed by atoms with Crippen LogP contribution in [0.15, 0.2) is 23.2 Å². The molecule has 2 aliphatic rings. The van der Waals surface area contributed by atoms with Gasteiger partial charge in [-0.05, 0) is 50.0 Å². The Kier molecular flexibility index (Phi) is 10.5. The van der Waals surface area contributed by atoms with E-state index < -0.39 is 0 Å². The lowest BCUT2D eigenvalue weighted by atomic mass is 10.2. The summed E-state index contributed by atoms with van der Waals surface area (Å²) in [6.45, 7) is 8.53. The van der Waals surface area contributed by atoms with Crippen LogP contribution in [0, 0.1) is 0 Å². The molecule has 1 aromatic carbocycles. The number of likely N-dealkylation sites (N-methyl/N-ethyl adjacent to an activating group) is 1. The lowest BCUT2D eigenvalue weighted by Crippen LogP contribution is -2.48. The number of nitrogens with one attached hydrogen (secondary N) is 2. The van der Waals surface area contributed by atoms with Crippen molar-refractivity contribution in [2.75, 3.05) is 54.0 Å². The molecule has 2 heterocycles. The summed E-state index contributed by atoms with van der Waals surface area (Å²) in [5.74, 6) is 2.60. The van der Waals surface area contributed by atoms with Crippen LogP contribution in [0.2, 0.25) is 0 Å². The van der Waals surface area contributed by atoms with Gasteiger partial charge in [0.2, 0.25) is 0 Å². The van der Waals surface area contributed by atoms with E-state index in [1.165, 1.54) is 24.9 Å². The van der Waals surface area contributed by atoms with Crippen LogP contribution < -0.4 is 20.1 Å². The molecule has 2 N–H and O–H groups in total. The minimum Gasteiger partial charge on any atom is -0.497 e. The number of ether oxygens (including phenoxy) is 2. The quantitative estimate of drug-likeness (QED) is 0.306. The largest absolute Gasteiger partial charge is 0.497 e. The molecular weight excluding hydrogens is 493 g/mol. The summed E-state index contributed by atoms with van der Waals surface area (Å²) in [7, 11) is 5.24. The van der Waals surface area contributed by atoms with Gasteiger partial charge >= 0.3 is 0 Å². The van der Waals surface area contributed by atoms with E-state index in [9.17, 15) is 0 Å². The van der Waals surface area contributed by atoms with Gasteiger partial charge in [0.15, 0.2) is 5.96 Å². The zero-order valence-corrected chi connectivity index (χ0v) is 21.1. The number of likely N-dealkylation sites (tertiary alicyclic amines) is 2. The third-order valence-electron chi connectivity index (χ3n) is 6.06. The molecule has 1 aromatic rings. The fourth-order valence-electron chi connectivity index (χ4n) is 4.46. The van der Waals surface area contributed by atoms with E-state index in [1.54, 1.807) is 14.2 Å². The SMILES string of the molecule is CCN1CCCC1CNC(=NC)NC1CCN(Cc2cc(OC)cc(OC)c2)C1.I. The van der Waals surface area contributed by atoms with Crippen LogP contribution in [0.1, 0.15) is 31.7 Å². The van der Waals surface area contributed by atoms with E-state index >= 15 is 0 Å². The average Bonchev–Trinajstić information content (AvgIpc) is 3.39. The second-order valence-electron chi connectivity index (χ2n) is 7.96. The molecule has 3 rings (SSSR count). The molecule has 7 nitrogen and oxygen atoms in total. The molecule has 0 bridgehead atoms. The van der Waals surface area contributed by atoms with E-state index in [2.05, 4.69) is 44.5 Å². The fourth-order valence-corrected chi connectivity index (χ4v) is 4.46. The van der Waals surface area contributed by atoms with E-state index in [1.807, 2.05) is 13.1 Å². The van der Waals surface area contributed by atoms with Crippen molar-refractivity contribution in [1.29, 1.82) is 0 Å². The molecule has 0 saturated carbocycles. The maximum absolute atomic E-state index is 5.40. The number of benzene rings is 1. The van der Waals surface area contributed by atoms with E-state index in [-0.39, 0.29) is 24.0 Å². The summed E-state index contributed by atoms with van der Waals surface area (Å²) in [5, 5.41) is 7.16. The zero-order valence-electron chi connectivity index (χ0n) is 18.8. The Hall–Kier alpha value is -1.26. The van der Waals surface area contributed by atoms with Crippen molar-refractivity contribution in [3.8, 4) is 11.5 Å². The molecule has 2 aliphatic heterocycles. The van der Waals surface area contributed by atoms with Crippen molar-refractivity contribution in [3.63, 3.8) is 0 Å². The highest BCUT2D eigenvalue weighted by Gasteiger charge is 2.25. The van der Waals surface area contributed by atoms with Gasteiger partial charge in [-0.2, -0.15) is 0 Å². The number of methoxy groups -OCH3 is 2. The Morgan fingerprint density at radius 1 is 1.13 bits per heavy atom. The normalized spacial score (nSPS) is 22.6. The van der Waals surface area contributed by atoms with Gasteiger partial charge in [0.05, 0.1) is 14.2 Å². The van der Waals surface area contributed by atoms with Gasteiger partial charge in [-0.1, -0.05) is 6.92 Å². The molecule has 2 atom stereocenters. The van der Waals surface area contributed by atoms with Gasteiger partial charge in [-0.25, -0.2) is 0 Å². The van der Waals surface area contributed by atoms with E-state index in [4.69, 9.17) is 9.47 Å². The number of nitrogens with zero attached hydrogens (tertiary/aromatic N) is 3. The highest BCUT2D eigenvalue weighted by Crippen LogP contribution is 2.24. The number of hydrogen-bond donors (Lipinski definition) is 2. The minimum atomic E-state index is 0. The third kappa shape index (κ3) is 6.88. The van der Waals surface area contributed by atoms with Crippen LogP contribution in [-0.2, 0) is 6.54 Å². The molecule has 8 heteroatoms. The van der Waals surface area contributed by atoms with Gasteiger partial charge < -0.3 is 20.1 Å². The summed E-state index contributed by atoms with van der Waals surface area (Å²) in [6.07, 6.45) is 3.70. The van der Waals surface area contributed by atoms with Gasteiger partial charge in [0.1, 0.15) is 11.5 Å². The molecule has 2 fully saturated rings. The molecular formula is C22H38IN5O2. The monoisotopic (exact) mass is 531 g/mol. The molecule has 2 saturated heterocycles. The highest BCUT2D eigenvalue weighted by molar-refractivity contribution is 14.0. The van der Waals surface area contributed by atoms with Crippen LogP contribution in [-0.4, -0.2) is 81.8 Å². The van der Waals surface area contributed by atoms with Crippen LogP contribution in [0.4, 0.5) is 0 Å². The van der Waals surface area contributed by atoms with Gasteiger partial charge in [0, 0.05) is 51.4 Å². The van der Waals surface area contributed by atoms with E-state index in [0.29, 0.717) is 12.1 Å². The Balaban J connectivity index is 0.00000320. The second kappa shape index (κ2) is 12.6. The Bertz CT molecular complexity index is 665. The first kappa shape index (κ1) is 25.0.